The molecule has 0 rings (SSSR count). The first kappa shape index (κ1) is 41.4. The van der Waals surface area contributed by atoms with Crippen LogP contribution in [0.1, 0.15) is 0 Å². The monoisotopic (exact) mass is 563 g/mol. The van der Waals surface area contributed by atoms with Gasteiger partial charge in [0.25, 0.3) is 0 Å². The number of rotatable bonds is 6. The molecule has 0 aromatic heterocycles. The van der Waals surface area contributed by atoms with Gasteiger partial charge in [0, 0.05) is 0 Å². The first-order valence-electron chi connectivity index (χ1n) is 10.3. The van der Waals surface area contributed by atoms with Crippen molar-refractivity contribution in [3.8, 4) is 0 Å². The molecule has 0 radical (unpaired) electrons. The molecule has 0 N–H and O–H groups in total. The Labute approximate surface area is 214 Å². The first-order chi connectivity index (χ1) is 11.1. The number of hydrogen-bond donors (Lipinski definition) is 0. The van der Waals surface area contributed by atoms with Gasteiger partial charge in [0.15, 0.2) is 0 Å². The van der Waals surface area contributed by atoms with Crippen molar-refractivity contribution in [2.75, 3.05) is 0 Å². The van der Waals surface area contributed by atoms with Crippen molar-refractivity contribution < 1.29 is 34.1 Å². The molecule has 0 aliphatic heterocycles. The molecule has 0 heterocycles. The summed E-state index contributed by atoms with van der Waals surface area (Å²) in [6.45, 7) is 41.3. The minimum Gasteiger partial charge on any atom is -1.00 e. The van der Waals surface area contributed by atoms with Gasteiger partial charge in [-0.05, 0) is 0 Å². The molecule has 0 fully saturated rings. The third-order valence-corrected chi connectivity index (χ3v) is 18.1. The van der Waals surface area contributed by atoms with E-state index in [9.17, 15) is 0 Å². The standard InChI is InChI=1S/3C6H18NSi2.ClH.Ti/c3*1-8(2,3)7-9(4,5)6;;/h3*1-6H3;1H;/q3*-1;;+4/p-1. The zero-order valence-electron chi connectivity index (χ0n) is 23.2. The Morgan fingerprint density at radius 2 is 0.345 bits per heavy atom. The summed E-state index contributed by atoms with van der Waals surface area (Å²) in [6.07, 6.45) is 0. The van der Waals surface area contributed by atoms with E-state index in [0.717, 1.165) is 0 Å². The Bertz CT molecular complexity index is 303. The average Bonchev–Trinajstić information content (AvgIpc) is 1.96. The largest absolute Gasteiger partial charge is 4.00 e. The third kappa shape index (κ3) is 58.9. The summed E-state index contributed by atoms with van der Waals surface area (Å²) in [5, 5.41) is 0. The molecule has 0 saturated carbocycles. The fraction of sp³-hybridized carbons (Fsp3) is 1.00. The molecule has 0 amide bonds. The number of nitrogens with zero attached hydrogens (tertiary/aromatic N) is 3. The summed E-state index contributed by atoms with van der Waals surface area (Å²) in [4.78, 5) is 0. The van der Waals surface area contributed by atoms with E-state index in [4.69, 9.17) is 13.9 Å². The van der Waals surface area contributed by atoms with Crippen molar-refractivity contribution in [1.82, 2.24) is 0 Å². The smallest absolute Gasteiger partial charge is 1.00 e. The van der Waals surface area contributed by atoms with Gasteiger partial charge in [0.2, 0.25) is 0 Å². The molecule has 0 saturated heterocycles. The van der Waals surface area contributed by atoms with E-state index >= 15 is 0 Å². The van der Waals surface area contributed by atoms with Crippen LogP contribution in [0.3, 0.4) is 0 Å². The molecule has 0 atom stereocenters. The number of halogens is 1. The van der Waals surface area contributed by atoms with Gasteiger partial charge < -0.3 is 26.4 Å². The van der Waals surface area contributed by atoms with E-state index in [1.807, 2.05) is 0 Å². The first-order valence-corrected chi connectivity index (χ1v) is 31.0. The summed E-state index contributed by atoms with van der Waals surface area (Å²) in [7, 11) is -6.64. The second kappa shape index (κ2) is 15.2. The van der Waals surface area contributed by atoms with E-state index in [-0.39, 0.29) is 34.1 Å². The maximum atomic E-state index is 4.82. The van der Waals surface area contributed by atoms with Crippen LogP contribution in [0.4, 0.5) is 0 Å². The van der Waals surface area contributed by atoms with Crippen LogP contribution in [0.2, 0.25) is 118 Å². The van der Waals surface area contributed by atoms with Crippen LogP contribution in [0.25, 0.3) is 13.9 Å². The second-order valence-corrected chi connectivity index (χ2v) is 42.1. The van der Waals surface area contributed by atoms with Gasteiger partial charge in [0.05, 0.1) is 0 Å². The van der Waals surface area contributed by atoms with Gasteiger partial charge >= 0.3 is 21.7 Å². The van der Waals surface area contributed by atoms with Crippen LogP contribution in [-0.2, 0) is 21.7 Å². The molecule has 0 bridgehead atoms. The van der Waals surface area contributed by atoms with Crippen molar-refractivity contribution in [2.45, 2.75) is 118 Å². The Balaban J connectivity index is -0.0000000960. The second-order valence-electron chi connectivity index (χ2n) is 13.4. The van der Waals surface area contributed by atoms with E-state index in [1.165, 1.54) is 0 Å². The van der Waals surface area contributed by atoms with Crippen LogP contribution < -0.4 is 12.4 Å². The Hall–Kier alpha value is 2.19. The molecular weight excluding hydrogens is 510 g/mol. The van der Waals surface area contributed by atoms with Crippen LogP contribution in [-0.4, -0.2) is 49.4 Å². The van der Waals surface area contributed by atoms with Crippen molar-refractivity contribution in [3.63, 3.8) is 0 Å². The normalized spacial score (nSPS) is 13.0. The summed E-state index contributed by atoms with van der Waals surface area (Å²) in [5.41, 5.74) is 0. The van der Waals surface area contributed by atoms with Crippen LogP contribution in [0.5, 0.6) is 0 Å². The fourth-order valence-corrected chi connectivity index (χ4v) is 27.2. The fourth-order valence-electron chi connectivity index (χ4n) is 3.02. The van der Waals surface area contributed by atoms with Gasteiger partial charge in [-0.3, -0.25) is 0 Å². The molecule has 0 aromatic rings. The molecule has 0 unspecified atom stereocenters. The zero-order valence-corrected chi connectivity index (χ0v) is 31.5. The summed E-state index contributed by atoms with van der Waals surface area (Å²) in [6, 6.07) is 0. The Morgan fingerprint density at radius 3 is 0.345 bits per heavy atom. The maximum Gasteiger partial charge on any atom is 4.00 e. The molecule has 3 nitrogen and oxygen atoms in total. The van der Waals surface area contributed by atoms with Crippen molar-refractivity contribution in [1.29, 1.82) is 0 Å². The van der Waals surface area contributed by atoms with E-state index < -0.39 is 49.4 Å². The average molecular weight is 564 g/mol. The van der Waals surface area contributed by atoms with Gasteiger partial charge in [-0.15, -0.1) is 0 Å². The molecule has 176 valence electrons. The SMILES string of the molecule is C[Si](C)(C)[N-][Si](C)(C)C.C[Si](C)(C)[N-][Si](C)(C)C.C[Si](C)(C)[N-][Si](C)(C)C.[Cl-].[Ti+4]. The molecule has 0 spiro atoms. The molecule has 0 aromatic carbocycles. The molecule has 29 heavy (non-hydrogen) atoms. The topological polar surface area (TPSA) is 42.3 Å². The van der Waals surface area contributed by atoms with E-state index in [2.05, 4.69) is 118 Å². The minimum absolute atomic E-state index is 0. The molecule has 11 heteroatoms. The van der Waals surface area contributed by atoms with Crippen molar-refractivity contribution >= 4 is 49.4 Å². The maximum absolute atomic E-state index is 4.82. The molecule has 0 aliphatic carbocycles. The zero-order chi connectivity index (χ0) is 23.1. The van der Waals surface area contributed by atoms with E-state index in [0.29, 0.717) is 0 Å². The van der Waals surface area contributed by atoms with Crippen molar-refractivity contribution in [2.24, 2.45) is 0 Å². The van der Waals surface area contributed by atoms with Crippen LogP contribution >= 0.6 is 0 Å². The Morgan fingerprint density at radius 1 is 0.276 bits per heavy atom. The van der Waals surface area contributed by atoms with Crippen LogP contribution in [0, 0.1) is 0 Å². The summed E-state index contributed by atoms with van der Waals surface area (Å²) in [5.74, 6) is 0. The predicted octanol–water partition coefficient (Wildman–Crippen LogP) is 6.09. The van der Waals surface area contributed by atoms with Crippen molar-refractivity contribution in [3.05, 3.63) is 13.9 Å². The summed E-state index contributed by atoms with van der Waals surface area (Å²) >= 11 is 0. The van der Waals surface area contributed by atoms with Gasteiger partial charge in [-0.1, -0.05) is 167 Å². The quantitative estimate of drug-likeness (QED) is 0.351. The predicted molar refractivity (Wildman–Crippen MR) is 150 cm³/mol. The summed E-state index contributed by atoms with van der Waals surface area (Å²) < 4.78 is 14.5. The Kier molecular flexibility index (Phi) is 21.7. The van der Waals surface area contributed by atoms with E-state index in [1.54, 1.807) is 0 Å². The molecule has 0 aliphatic rings. The molecular formula is C18H54ClN3Si6Ti. The third-order valence-electron chi connectivity index (χ3n) is 2.01. The van der Waals surface area contributed by atoms with Crippen LogP contribution in [0.15, 0.2) is 0 Å². The van der Waals surface area contributed by atoms with Gasteiger partial charge in [0.1, 0.15) is 0 Å². The number of hydrogen-bond acceptors (Lipinski definition) is 0. The van der Waals surface area contributed by atoms with Gasteiger partial charge in [-0.25, -0.2) is 0 Å². The minimum atomic E-state index is -1.11. The van der Waals surface area contributed by atoms with Gasteiger partial charge in [-0.2, -0.15) is 0 Å².